The van der Waals surface area contributed by atoms with E-state index in [-0.39, 0.29) is 25.1 Å². The molecule has 2 aromatic carbocycles. The van der Waals surface area contributed by atoms with Crippen molar-refractivity contribution in [2.45, 2.75) is 25.3 Å². The average molecular weight is 338 g/mol. The van der Waals surface area contributed by atoms with Crippen LogP contribution < -0.4 is 10.1 Å². The minimum Gasteiger partial charge on any atom is -0.492 e. The van der Waals surface area contributed by atoms with E-state index in [4.69, 9.17) is 4.74 Å². The quantitative estimate of drug-likeness (QED) is 0.788. The van der Waals surface area contributed by atoms with Crippen LogP contribution in [-0.2, 0) is 10.3 Å². The Kier molecular flexibility index (Phi) is 5.03. The topological polar surface area (TPSA) is 58.6 Å². The molecule has 0 aromatic heterocycles. The Bertz CT molecular complexity index is 733. The van der Waals surface area contributed by atoms with Crippen molar-refractivity contribution in [2.75, 3.05) is 13.2 Å². The van der Waals surface area contributed by atoms with Gasteiger partial charge in [-0.25, -0.2) is 4.79 Å². The number of rotatable bonds is 7. The zero-order chi connectivity index (χ0) is 17.7. The van der Waals surface area contributed by atoms with Crippen molar-refractivity contribution < 1.29 is 14.3 Å². The second kappa shape index (κ2) is 7.38. The lowest BCUT2D eigenvalue weighted by atomic mass is 9.85. The van der Waals surface area contributed by atoms with Crippen molar-refractivity contribution in [3.05, 3.63) is 66.2 Å². The molecule has 1 aliphatic heterocycles. The summed E-state index contributed by atoms with van der Waals surface area (Å²) in [7, 11) is 0. The number of ether oxygens (including phenoxy) is 1. The molecule has 1 saturated heterocycles. The highest BCUT2D eigenvalue weighted by molar-refractivity contribution is 6.07. The van der Waals surface area contributed by atoms with Crippen LogP contribution in [0.15, 0.2) is 60.7 Å². The predicted octanol–water partition coefficient (Wildman–Crippen LogP) is 3.31. The van der Waals surface area contributed by atoms with Gasteiger partial charge in [-0.05, 0) is 24.1 Å². The lowest BCUT2D eigenvalue weighted by Crippen LogP contribution is -2.44. The molecule has 2 aromatic rings. The SMILES string of the molecule is CCC[C@]1(c2ccccc2)NC(=O)N(CCOc2ccccc2)C1=O. The molecule has 130 valence electrons. The van der Waals surface area contributed by atoms with Crippen LogP contribution in [0.3, 0.4) is 0 Å². The molecule has 0 radical (unpaired) electrons. The fraction of sp³-hybridized carbons (Fsp3) is 0.300. The summed E-state index contributed by atoms with van der Waals surface area (Å²) in [6.45, 7) is 2.49. The molecule has 25 heavy (non-hydrogen) atoms. The first-order valence-corrected chi connectivity index (χ1v) is 8.55. The Morgan fingerprint density at radius 2 is 1.64 bits per heavy atom. The van der Waals surface area contributed by atoms with Gasteiger partial charge in [0.1, 0.15) is 17.9 Å². The van der Waals surface area contributed by atoms with Gasteiger partial charge >= 0.3 is 6.03 Å². The maximum absolute atomic E-state index is 13.1. The van der Waals surface area contributed by atoms with E-state index in [2.05, 4.69) is 5.32 Å². The zero-order valence-electron chi connectivity index (χ0n) is 14.3. The molecule has 1 N–H and O–H groups in total. The summed E-state index contributed by atoms with van der Waals surface area (Å²) >= 11 is 0. The Labute approximate surface area is 147 Å². The normalized spacial score (nSPS) is 19.8. The number of carbonyl (C=O) groups excluding carboxylic acids is 2. The van der Waals surface area contributed by atoms with Crippen LogP contribution in [0.2, 0.25) is 0 Å². The van der Waals surface area contributed by atoms with Crippen molar-refractivity contribution in [1.82, 2.24) is 10.2 Å². The van der Waals surface area contributed by atoms with Gasteiger partial charge in [-0.3, -0.25) is 9.69 Å². The number of para-hydroxylation sites is 1. The summed E-state index contributed by atoms with van der Waals surface area (Å²) in [5.41, 5.74) is -0.151. The van der Waals surface area contributed by atoms with Crippen LogP contribution in [0.5, 0.6) is 5.75 Å². The molecule has 1 aliphatic rings. The van der Waals surface area contributed by atoms with Crippen LogP contribution in [0.1, 0.15) is 25.3 Å². The van der Waals surface area contributed by atoms with Crippen molar-refractivity contribution in [3.8, 4) is 5.75 Å². The summed E-state index contributed by atoms with van der Waals surface area (Å²) in [5.74, 6) is 0.514. The van der Waals surface area contributed by atoms with Crippen molar-refractivity contribution in [1.29, 1.82) is 0 Å². The van der Waals surface area contributed by atoms with Gasteiger partial charge in [0, 0.05) is 0 Å². The van der Waals surface area contributed by atoms with Gasteiger partial charge in [0.25, 0.3) is 5.91 Å². The van der Waals surface area contributed by atoms with Gasteiger partial charge in [0.2, 0.25) is 0 Å². The summed E-state index contributed by atoms with van der Waals surface area (Å²) in [5, 5.41) is 2.92. The fourth-order valence-electron chi connectivity index (χ4n) is 3.21. The van der Waals surface area contributed by atoms with E-state index < -0.39 is 5.54 Å². The molecule has 0 saturated carbocycles. The van der Waals surface area contributed by atoms with E-state index in [0.717, 1.165) is 17.7 Å². The number of amides is 3. The zero-order valence-corrected chi connectivity index (χ0v) is 14.3. The molecule has 1 atom stereocenters. The molecule has 0 spiro atoms. The number of benzene rings is 2. The Morgan fingerprint density at radius 3 is 2.28 bits per heavy atom. The second-order valence-corrected chi connectivity index (χ2v) is 6.07. The maximum Gasteiger partial charge on any atom is 0.325 e. The minimum atomic E-state index is -0.972. The summed E-state index contributed by atoms with van der Waals surface area (Å²) in [6.07, 6.45) is 1.35. The monoisotopic (exact) mass is 338 g/mol. The van der Waals surface area contributed by atoms with Gasteiger partial charge in [-0.15, -0.1) is 0 Å². The molecular formula is C20H22N2O3. The summed E-state index contributed by atoms with van der Waals surface area (Å²) < 4.78 is 5.62. The van der Waals surface area contributed by atoms with E-state index >= 15 is 0 Å². The number of imide groups is 1. The second-order valence-electron chi connectivity index (χ2n) is 6.07. The molecule has 0 aliphatic carbocycles. The number of nitrogens with zero attached hydrogens (tertiary/aromatic N) is 1. The van der Waals surface area contributed by atoms with E-state index in [0.29, 0.717) is 6.42 Å². The number of carbonyl (C=O) groups is 2. The van der Waals surface area contributed by atoms with Gasteiger partial charge in [0.05, 0.1) is 6.54 Å². The molecule has 1 fully saturated rings. The molecule has 0 bridgehead atoms. The smallest absolute Gasteiger partial charge is 0.325 e. The number of hydrogen-bond acceptors (Lipinski definition) is 3. The molecule has 1 heterocycles. The first-order valence-electron chi connectivity index (χ1n) is 8.55. The lowest BCUT2D eigenvalue weighted by molar-refractivity contribution is -0.132. The number of nitrogens with one attached hydrogen (secondary N) is 1. The third-order valence-electron chi connectivity index (χ3n) is 4.39. The predicted molar refractivity (Wildman–Crippen MR) is 95.2 cm³/mol. The third kappa shape index (κ3) is 3.36. The molecule has 3 amide bonds. The molecular weight excluding hydrogens is 316 g/mol. The van der Waals surface area contributed by atoms with E-state index in [1.165, 1.54) is 4.90 Å². The van der Waals surface area contributed by atoms with Crippen LogP contribution in [0.25, 0.3) is 0 Å². The van der Waals surface area contributed by atoms with Crippen LogP contribution in [0.4, 0.5) is 4.79 Å². The van der Waals surface area contributed by atoms with Crippen molar-refractivity contribution in [3.63, 3.8) is 0 Å². The minimum absolute atomic E-state index is 0.206. The standard InChI is InChI=1S/C20H22N2O3/c1-2-13-20(16-9-5-3-6-10-16)18(23)22(19(24)21-20)14-15-25-17-11-7-4-8-12-17/h3-12H,2,13-15H2,1H3,(H,21,24)/t20-/m1/s1. The average Bonchev–Trinajstić information content (AvgIpc) is 2.89. The maximum atomic E-state index is 13.1. The highest BCUT2D eigenvalue weighted by Gasteiger charge is 2.51. The van der Waals surface area contributed by atoms with Gasteiger partial charge in [-0.1, -0.05) is 61.9 Å². The first kappa shape index (κ1) is 17.0. The van der Waals surface area contributed by atoms with Crippen LogP contribution >= 0.6 is 0 Å². The van der Waals surface area contributed by atoms with Crippen LogP contribution in [0, 0.1) is 0 Å². The fourth-order valence-corrected chi connectivity index (χ4v) is 3.21. The number of urea groups is 1. The Balaban J connectivity index is 1.74. The Morgan fingerprint density at radius 1 is 1.00 bits per heavy atom. The lowest BCUT2D eigenvalue weighted by Gasteiger charge is -2.27. The largest absolute Gasteiger partial charge is 0.492 e. The van der Waals surface area contributed by atoms with Gasteiger partial charge in [-0.2, -0.15) is 0 Å². The molecule has 5 nitrogen and oxygen atoms in total. The van der Waals surface area contributed by atoms with E-state index in [9.17, 15) is 9.59 Å². The van der Waals surface area contributed by atoms with E-state index in [1.54, 1.807) is 0 Å². The van der Waals surface area contributed by atoms with Crippen molar-refractivity contribution in [2.24, 2.45) is 0 Å². The first-order chi connectivity index (χ1) is 12.2. The van der Waals surface area contributed by atoms with Gasteiger partial charge in [0.15, 0.2) is 0 Å². The van der Waals surface area contributed by atoms with Gasteiger partial charge < -0.3 is 10.1 Å². The summed E-state index contributed by atoms with van der Waals surface area (Å²) in [4.78, 5) is 26.7. The van der Waals surface area contributed by atoms with Crippen molar-refractivity contribution >= 4 is 11.9 Å². The molecule has 5 heteroatoms. The number of hydrogen-bond donors (Lipinski definition) is 1. The highest BCUT2D eigenvalue weighted by Crippen LogP contribution is 2.33. The Hall–Kier alpha value is -2.82. The molecule has 0 unspecified atom stereocenters. The highest BCUT2D eigenvalue weighted by atomic mass is 16.5. The third-order valence-corrected chi connectivity index (χ3v) is 4.39. The summed E-state index contributed by atoms with van der Waals surface area (Å²) in [6, 6.07) is 18.4. The molecule has 3 rings (SSSR count). The van der Waals surface area contributed by atoms with Crippen LogP contribution in [-0.4, -0.2) is 30.0 Å². The van der Waals surface area contributed by atoms with E-state index in [1.807, 2.05) is 67.6 Å².